The zero-order valence-electron chi connectivity index (χ0n) is 16.3. The molecule has 2 amide bonds. The van der Waals surface area contributed by atoms with Crippen molar-refractivity contribution < 1.29 is 9.90 Å². The third kappa shape index (κ3) is 3.54. The highest BCUT2D eigenvalue weighted by molar-refractivity contribution is 5.78. The Kier molecular flexibility index (Phi) is 5.68. The van der Waals surface area contributed by atoms with E-state index >= 15 is 0 Å². The summed E-state index contributed by atoms with van der Waals surface area (Å²) in [7, 11) is 0. The van der Waals surface area contributed by atoms with Crippen molar-refractivity contribution in [2.45, 2.75) is 75.4 Å². The Morgan fingerprint density at radius 3 is 2.54 bits per heavy atom. The molecule has 0 bridgehead atoms. The van der Waals surface area contributed by atoms with Gasteiger partial charge < -0.3 is 15.3 Å². The summed E-state index contributed by atoms with van der Waals surface area (Å²) >= 11 is 0. The minimum Gasteiger partial charge on any atom is -0.394 e. The fraction of sp³-hybridized carbons (Fsp3) is 0.565. The topological polar surface area (TPSA) is 76.4 Å². The third-order valence-corrected chi connectivity index (χ3v) is 6.61. The van der Waals surface area contributed by atoms with Gasteiger partial charge in [-0.2, -0.15) is 5.26 Å². The summed E-state index contributed by atoms with van der Waals surface area (Å²) in [6.07, 6.45) is 11.4. The molecule has 2 fully saturated rings. The van der Waals surface area contributed by atoms with Gasteiger partial charge in [0.15, 0.2) is 0 Å². The van der Waals surface area contributed by atoms with Gasteiger partial charge in [-0.15, -0.1) is 0 Å². The number of hydrogen-bond acceptors (Lipinski definition) is 3. The van der Waals surface area contributed by atoms with E-state index in [-0.39, 0.29) is 30.6 Å². The van der Waals surface area contributed by atoms with Gasteiger partial charge in [0.05, 0.1) is 18.7 Å². The number of aliphatic hydroxyl groups is 1. The first-order valence-corrected chi connectivity index (χ1v) is 10.6. The summed E-state index contributed by atoms with van der Waals surface area (Å²) in [5, 5.41) is 22.7. The van der Waals surface area contributed by atoms with E-state index in [2.05, 4.69) is 41.7 Å². The number of aliphatic hydroxyl groups excluding tert-OH is 1. The van der Waals surface area contributed by atoms with Gasteiger partial charge in [0, 0.05) is 12.0 Å². The molecule has 5 heteroatoms. The van der Waals surface area contributed by atoms with Crippen molar-refractivity contribution >= 4 is 11.6 Å². The lowest BCUT2D eigenvalue weighted by Gasteiger charge is -2.51. The average molecular weight is 380 g/mol. The van der Waals surface area contributed by atoms with Crippen LogP contribution in [0.5, 0.6) is 0 Å². The number of carbonyl (C=O) groups excluding carboxylic acids is 1. The Labute approximate surface area is 167 Å². The van der Waals surface area contributed by atoms with Crippen molar-refractivity contribution in [2.24, 2.45) is 0 Å². The van der Waals surface area contributed by atoms with Crippen molar-refractivity contribution in [3.63, 3.8) is 0 Å². The van der Waals surface area contributed by atoms with Crippen molar-refractivity contribution in [3.8, 4) is 6.07 Å². The summed E-state index contributed by atoms with van der Waals surface area (Å²) in [5.74, 6) is -0.140. The lowest BCUT2D eigenvalue weighted by atomic mass is 9.75. The number of allylic oxidation sites excluding steroid dienone is 2. The normalized spacial score (nSPS) is 27.6. The molecule has 3 atom stereocenters. The zero-order valence-corrected chi connectivity index (χ0v) is 16.3. The summed E-state index contributed by atoms with van der Waals surface area (Å²) in [6.45, 7) is -0.131. The highest BCUT2D eigenvalue weighted by atomic mass is 16.3. The zero-order chi connectivity index (χ0) is 19.5. The number of amides is 2. The van der Waals surface area contributed by atoms with Crippen LogP contribution in [0.4, 0.5) is 4.79 Å². The lowest BCUT2D eigenvalue weighted by Crippen LogP contribution is -2.67. The molecule has 3 aliphatic rings. The van der Waals surface area contributed by atoms with E-state index in [4.69, 9.17) is 0 Å². The van der Waals surface area contributed by atoms with Crippen LogP contribution in [0.2, 0.25) is 0 Å². The van der Waals surface area contributed by atoms with Crippen molar-refractivity contribution in [1.29, 1.82) is 5.26 Å². The fourth-order valence-corrected chi connectivity index (χ4v) is 5.03. The molecule has 2 N–H and O–H groups in total. The first-order valence-electron chi connectivity index (χ1n) is 10.6. The van der Waals surface area contributed by atoms with Crippen LogP contribution < -0.4 is 5.32 Å². The van der Waals surface area contributed by atoms with Crippen LogP contribution in [0.15, 0.2) is 30.3 Å². The van der Waals surface area contributed by atoms with E-state index in [1.54, 1.807) is 4.90 Å². The SMILES string of the molecule is N#C[C@H]1[C@@H](c2ccc(C3=CCCCC3)cc2)[C@H](CO)N1C(=O)NC1CCCC1. The molecule has 1 aliphatic heterocycles. The van der Waals surface area contributed by atoms with Gasteiger partial charge >= 0.3 is 6.03 Å². The Balaban J connectivity index is 1.48. The van der Waals surface area contributed by atoms with Crippen molar-refractivity contribution in [2.75, 3.05) is 6.61 Å². The second kappa shape index (κ2) is 8.36. The smallest absolute Gasteiger partial charge is 0.319 e. The molecule has 0 aromatic heterocycles. The molecule has 0 radical (unpaired) electrons. The second-order valence-corrected chi connectivity index (χ2v) is 8.28. The summed E-state index contributed by atoms with van der Waals surface area (Å²) in [5.41, 5.74) is 3.67. The molecular formula is C23H29N3O2. The summed E-state index contributed by atoms with van der Waals surface area (Å²) in [4.78, 5) is 14.2. The number of likely N-dealkylation sites (tertiary alicyclic amines) is 1. The molecule has 2 aliphatic carbocycles. The molecule has 4 rings (SSSR count). The van der Waals surface area contributed by atoms with Crippen LogP contribution in [0, 0.1) is 11.3 Å². The average Bonchev–Trinajstić information content (AvgIpc) is 3.22. The van der Waals surface area contributed by atoms with Crippen LogP contribution in [0.25, 0.3) is 5.57 Å². The Bertz CT molecular complexity index is 774. The van der Waals surface area contributed by atoms with E-state index in [9.17, 15) is 15.2 Å². The highest BCUT2D eigenvalue weighted by Gasteiger charge is 2.52. The van der Waals surface area contributed by atoms with E-state index in [1.807, 2.05) is 0 Å². The maximum Gasteiger partial charge on any atom is 0.319 e. The number of urea groups is 1. The maximum atomic E-state index is 12.7. The number of nitrogens with one attached hydrogen (secondary N) is 1. The maximum absolute atomic E-state index is 12.7. The van der Waals surface area contributed by atoms with E-state index in [1.165, 1.54) is 24.0 Å². The molecule has 0 spiro atoms. The lowest BCUT2D eigenvalue weighted by molar-refractivity contribution is 0.0158. The number of nitriles is 1. The van der Waals surface area contributed by atoms with E-state index in [0.717, 1.165) is 44.1 Å². The van der Waals surface area contributed by atoms with Gasteiger partial charge in [-0.05, 0) is 55.2 Å². The number of hydrogen-bond donors (Lipinski definition) is 2. The van der Waals surface area contributed by atoms with Gasteiger partial charge in [0.2, 0.25) is 0 Å². The quantitative estimate of drug-likeness (QED) is 0.832. The molecular weight excluding hydrogens is 350 g/mol. The highest BCUT2D eigenvalue weighted by Crippen LogP contribution is 2.41. The molecule has 0 unspecified atom stereocenters. The number of benzene rings is 1. The van der Waals surface area contributed by atoms with Gasteiger partial charge in [0.25, 0.3) is 0 Å². The van der Waals surface area contributed by atoms with Crippen LogP contribution >= 0.6 is 0 Å². The van der Waals surface area contributed by atoms with E-state index < -0.39 is 6.04 Å². The fourth-order valence-electron chi connectivity index (χ4n) is 5.03. The minimum atomic E-state index is -0.529. The van der Waals surface area contributed by atoms with Crippen LogP contribution in [-0.4, -0.2) is 40.8 Å². The van der Waals surface area contributed by atoms with Crippen molar-refractivity contribution in [3.05, 3.63) is 41.5 Å². The molecule has 1 saturated carbocycles. The Morgan fingerprint density at radius 2 is 1.93 bits per heavy atom. The van der Waals surface area contributed by atoms with Gasteiger partial charge in [-0.1, -0.05) is 43.2 Å². The van der Waals surface area contributed by atoms with Gasteiger partial charge in [-0.3, -0.25) is 0 Å². The Morgan fingerprint density at radius 1 is 1.18 bits per heavy atom. The minimum absolute atomic E-state index is 0.131. The van der Waals surface area contributed by atoms with Gasteiger partial charge in [-0.25, -0.2) is 4.79 Å². The molecule has 1 heterocycles. The van der Waals surface area contributed by atoms with E-state index in [0.29, 0.717) is 0 Å². The number of carbonyl (C=O) groups is 1. The predicted molar refractivity (Wildman–Crippen MR) is 109 cm³/mol. The molecule has 1 aromatic rings. The molecule has 1 saturated heterocycles. The molecule has 28 heavy (non-hydrogen) atoms. The predicted octanol–water partition coefficient (Wildman–Crippen LogP) is 3.95. The molecule has 5 nitrogen and oxygen atoms in total. The molecule has 148 valence electrons. The Hall–Kier alpha value is -2.32. The monoisotopic (exact) mass is 379 g/mol. The van der Waals surface area contributed by atoms with Crippen LogP contribution in [0.1, 0.15) is 68.4 Å². The number of rotatable bonds is 4. The standard InChI is InChI=1S/C23H29N3O2/c24-14-20-22(18-12-10-17(11-13-18)16-6-2-1-3-7-16)21(15-27)26(20)23(28)25-19-8-4-5-9-19/h6,10-13,19-22,27H,1-5,7-9,15H2,(H,25,28)/t20-,21-,22+/m0/s1. The van der Waals surface area contributed by atoms with Crippen LogP contribution in [0.3, 0.4) is 0 Å². The summed E-state index contributed by atoms with van der Waals surface area (Å²) < 4.78 is 0. The first kappa shape index (κ1) is 19.0. The van der Waals surface area contributed by atoms with Crippen molar-refractivity contribution in [1.82, 2.24) is 10.2 Å². The first-order chi connectivity index (χ1) is 13.7. The number of nitrogens with zero attached hydrogens (tertiary/aromatic N) is 2. The van der Waals surface area contributed by atoms with Crippen LogP contribution in [-0.2, 0) is 0 Å². The molecule has 1 aromatic carbocycles. The summed E-state index contributed by atoms with van der Waals surface area (Å²) in [6, 6.07) is 9.78. The third-order valence-electron chi connectivity index (χ3n) is 6.61. The largest absolute Gasteiger partial charge is 0.394 e. The van der Waals surface area contributed by atoms with Gasteiger partial charge in [0.1, 0.15) is 6.04 Å². The second-order valence-electron chi connectivity index (χ2n) is 8.28.